The van der Waals surface area contributed by atoms with Gasteiger partial charge in [-0.3, -0.25) is 4.79 Å². The number of carbonyl (C=O) groups excluding carboxylic acids is 1. The molecule has 1 N–H and O–H groups in total. The monoisotopic (exact) mass is 309 g/mol. The van der Waals surface area contributed by atoms with Crippen molar-refractivity contribution >= 4 is 5.91 Å². The van der Waals surface area contributed by atoms with E-state index in [4.69, 9.17) is 4.74 Å². The standard InChI is InChI=1S/C20H23NO2/c1-13-4-5-14(2)17(12-13)20(18-10-11-19(22)21-18)15-6-8-16(23-3)9-7-15/h4-9,12,18,20H,10-11H2,1-3H3,(H,21,22). The fourth-order valence-corrected chi connectivity index (χ4v) is 3.42. The molecule has 120 valence electrons. The lowest BCUT2D eigenvalue weighted by atomic mass is 9.82. The van der Waals surface area contributed by atoms with Gasteiger partial charge in [-0.25, -0.2) is 0 Å². The molecule has 3 nitrogen and oxygen atoms in total. The van der Waals surface area contributed by atoms with Gasteiger partial charge >= 0.3 is 0 Å². The molecule has 0 bridgehead atoms. The Kier molecular flexibility index (Phi) is 4.37. The highest BCUT2D eigenvalue weighted by Crippen LogP contribution is 2.35. The maximum absolute atomic E-state index is 11.7. The number of nitrogens with one attached hydrogen (secondary N) is 1. The number of methoxy groups -OCH3 is 1. The van der Waals surface area contributed by atoms with Gasteiger partial charge in [-0.05, 0) is 49.1 Å². The largest absolute Gasteiger partial charge is 0.497 e. The number of hydrogen-bond acceptors (Lipinski definition) is 2. The second-order valence-corrected chi connectivity index (χ2v) is 6.32. The molecule has 2 unspecified atom stereocenters. The van der Waals surface area contributed by atoms with Crippen molar-refractivity contribution in [1.82, 2.24) is 5.32 Å². The van der Waals surface area contributed by atoms with E-state index in [1.54, 1.807) is 7.11 Å². The van der Waals surface area contributed by atoms with Crippen LogP contribution in [0.5, 0.6) is 5.75 Å². The molecule has 1 fully saturated rings. The number of rotatable bonds is 4. The van der Waals surface area contributed by atoms with E-state index >= 15 is 0 Å². The van der Waals surface area contributed by atoms with Gasteiger partial charge in [0.2, 0.25) is 5.91 Å². The fraction of sp³-hybridized carbons (Fsp3) is 0.350. The summed E-state index contributed by atoms with van der Waals surface area (Å²) in [4.78, 5) is 11.7. The Labute approximate surface area is 137 Å². The first-order valence-corrected chi connectivity index (χ1v) is 8.09. The molecule has 3 heteroatoms. The summed E-state index contributed by atoms with van der Waals surface area (Å²) in [6, 6.07) is 14.9. The summed E-state index contributed by atoms with van der Waals surface area (Å²) < 4.78 is 5.27. The quantitative estimate of drug-likeness (QED) is 0.934. The van der Waals surface area contributed by atoms with Crippen LogP contribution >= 0.6 is 0 Å². The maximum Gasteiger partial charge on any atom is 0.220 e. The first kappa shape index (κ1) is 15.6. The van der Waals surface area contributed by atoms with Crippen LogP contribution in [0.25, 0.3) is 0 Å². The SMILES string of the molecule is COc1ccc(C(c2cc(C)ccc2C)C2CCC(=O)N2)cc1. The molecule has 2 aromatic rings. The van der Waals surface area contributed by atoms with Crippen LogP contribution in [0.15, 0.2) is 42.5 Å². The van der Waals surface area contributed by atoms with Crippen molar-refractivity contribution in [1.29, 1.82) is 0 Å². The predicted octanol–water partition coefficient (Wildman–Crippen LogP) is 3.72. The number of benzene rings is 2. The Morgan fingerprint density at radius 3 is 2.48 bits per heavy atom. The lowest BCUT2D eigenvalue weighted by Crippen LogP contribution is -2.32. The molecule has 23 heavy (non-hydrogen) atoms. The lowest BCUT2D eigenvalue weighted by molar-refractivity contribution is -0.119. The topological polar surface area (TPSA) is 38.3 Å². The maximum atomic E-state index is 11.7. The zero-order valence-electron chi connectivity index (χ0n) is 13.9. The number of ether oxygens (including phenoxy) is 1. The van der Waals surface area contributed by atoms with Crippen LogP contribution in [0.3, 0.4) is 0 Å². The highest BCUT2D eigenvalue weighted by atomic mass is 16.5. The van der Waals surface area contributed by atoms with Crippen molar-refractivity contribution in [2.24, 2.45) is 0 Å². The Morgan fingerprint density at radius 2 is 1.87 bits per heavy atom. The van der Waals surface area contributed by atoms with Gasteiger partial charge in [-0.1, -0.05) is 35.9 Å². The van der Waals surface area contributed by atoms with Crippen LogP contribution in [0, 0.1) is 13.8 Å². The lowest BCUT2D eigenvalue weighted by Gasteiger charge is -2.26. The molecule has 1 heterocycles. The summed E-state index contributed by atoms with van der Waals surface area (Å²) in [6.07, 6.45) is 1.49. The van der Waals surface area contributed by atoms with E-state index < -0.39 is 0 Å². The van der Waals surface area contributed by atoms with Crippen LogP contribution in [0.1, 0.15) is 41.0 Å². The minimum absolute atomic E-state index is 0.149. The molecule has 0 aromatic heterocycles. The summed E-state index contributed by atoms with van der Waals surface area (Å²) in [7, 11) is 1.67. The first-order chi connectivity index (χ1) is 11.1. The molecule has 1 aliphatic rings. The van der Waals surface area contributed by atoms with Crippen molar-refractivity contribution in [3.05, 3.63) is 64.7 Å². The molecular weight excluding hydrogens is 286 g/mol. The van der Waals surface area contributed by atoms with Gasteiger partial charge < -0.3 is 10.1 Å². The predicted molar refractivity (Wildman–Crippen MR) is 91.9 cm³/mol. The number of amides is 1. The molecule has 2 atom stereocenters. The smallest absolute Gasteiger partial charge is 0.220 e. The first-order valence-electron chi connectivity index (χ1n) is 8.09. The van der Waals surface area contributed by atoms with Crippen molar-refractivity contribution in [2.75, 3.05) is 7.11 Å². The molecule has 0 aliphatic carbocycles. The summed E-state index contributed by atoms with van der Waals surface area (Å²) >= 11 is 0. The molecule has 1 aliphatic heterocycles. The van der Waals surface area contributed by atoms with E-state index in [-0.39, 0.29) is 17.9 Å². The molecule has 3 rings (SSSR count). The van der Waals surface area contributed by atoms with Crippen LogP contribution in [0.4, 0.5) is 0 Å². The summed E-state index contributed by atoms with van der Waals surface area (Å²) in [6.45, 7) is 4.25. The van der Waals surface area contributed by atoms with Crippen LogP contribution < -0.4 is 10.1 Å². The summed E-state index contributed by atoms with van der Waals surface area (Å²) in [5.41, 5.74) is 5.01. The molecule has 0 radical (unpaired) electrons. The third-order valence-electron chi connectivity index (χ3n) is 4.68. The van der Waals surface area contributed by atoms with Crippen molar-refractivity contribution in [2.45, 2.75) is 38.6 Å². The minimum Gasteiger partial charge on any atom is -0.497 e. The van der Waals surface area contributed by atoms with Crippen molar-refractivity contribution < 1.29 is 9.53 Å². The second kappa shape index (κ2) is 6.45. The van der Waals surface area contributed by atoms with Crippen LogP contribution in [-0.2, 0) is 4.79 Å². The number of carbonyl (C=O) groups is 1. The van der Waals surface area contributed by atoms with E-state index in [1.807, 2.05) is 12.1 Å². The highest BCUT2D eigenvalue weighted by Gasteiger charge is 2.31. The molecular formula is C20H23NO2. The van der Waals surface area contributed by atoms with E-state index in [1.165, 1.54) is 22.3 Å². The van der Waals surface area contributed by atoms with Gasteiger partial charge in [0, 0.05) is 18.4 Å². The molecule has 1 amide bonds. The Balaban J connectivity index is 2.05. The van der Waals surface area contributed by atoms with Gasteiger partial charge in [0.05, 0.1) is 7.11 Å². The van der Waals surface area contributed by atoms with E-state index in [2.05, 4.69) is 49.5 Å². The third kappa shape index (κ3) is 3.24. The van der Waals surface area contributed by atoms with Gasteiger partial charge in [0.15, 0.2) is 0 Å². The van der Waals surface area contributed by atoms with Crippen LogP contribution in [-0.4, -0.2) is 19.1 Å². The molecule has 2 aromatic carbocycles. The zero-order chi connectivity index (χ0) is 16.4. The average Bonchev–Trinajstić information content (AvgIpc) is 2.98. The summed E-state index contributed by atoms with van der Waals surface area (Å²) in [5.74, 6) is 1.18. The van der Waals surface area contributed by atoms with Crippen molar-refractivity contribution in [3.63, 3.8) is 0 Å². The zero-order valence-corrected chi connectivity index (χ0v) is 13.9. The second-order valence-electron chi connectivity index (χ2n) is 6.32. The molecule has 1 saturated heterocycles. The van der Waals surface area contributed by atoms with E-state index in [9.17, 15) is 4.79 Å². The summed E-state index contributed by atoms with van der Waals surface area (Å²) in [5, 5.41) is 3.16. The number of aryl methyl sites for hydroxylation is 2. The van der Waals surface area contributed by atoms with Gasteiger partial charge in [-0.15, -0.1) is 0 Å². The van der Waals surface area contributed by atoms with E-state index in [0.717, 1.165) is 12.2 Å². The van der Waals surface area contributed by atoms with Gasteiger partial charge in [-0.2, -0.15) is 0 Å². The Morgan fingerprint density at radius 1 is 1.13 bits per heavy atom. The minimum atomic E-state index is 0.149. The molecule has 0 saturated carbocycles. The average molecular weight is 309 g/mol. The van der Waals surface area contributed by atoms with Crippen LogP contribution in [0.2, 0.25) is 0 Å². The van der Waals surface area contributed by atoms with Gasteiger partial charge in [0.25, 0.3) is 0 Å². The van der Waals surface area contributed by atoms with Gasteiger partial charge in [0.1, 0.15) is 5.75 Å². The normalized spacial score (nSPS) is 18.6. The number of hydrogen-bond donors (Lipinski definition) is 1. The van der Waals surface area contributed by atoms with Crippen molar-refractivity contribution in [3.8, 4) is 5.75 Å². The Bertz CT molecular complexity index is 706. The third-order valence-corrected chi connectivity index (χ3v) is 4.68. The Hall–Kier alpha value is -2.29. The fourth-order valence-electron chi connectivity index (χ4n) is 3.42. The highest BCUT2D eigenvalue weighted by molar-refractivity contribution is 5.78. The molecule has 0 spiro atoms. The van der Waals surface area contributed by atoms with E-state index in [0.29, 0.717) is 6.42 Å².